The monoisotopic (exact) mass is 311 g/mol. The van der Waals surface area contributed by atoms with Gasteiger partial charge in [-0.3, -0.25) is 0 Å². The van der Waals surface area contributed by atoms with Crippen molar-refractivity contribution in [2.75, 3.05) is 26.3 Å². The summed E-state index contributed by atoms with van der Waals surface area (Å²) in [5.74, 6) is 0.612. The number of nitrogens with two attached hydrogens (primary N) is 1. The van der Waals surface area contributed by atoms with Crippen LogP contribution in [-0.4, -0.2) is 37.2 Å². The molecule has 0 aromatic heterocycles. The number of guanidine groups is 1. The molecule has 1 aromatic carbocycles. The lowest BCUT2D eigenvalue weighted by molar-refractivity contribution is 0.0674. The summed E-state index contributed by atoms with van der Waals surface area (Å²) in [5, 5.41) is 0. The molecule has 1 fully saturated rings. The minimum absolute atomic E-state index is 0.612. The number of nitrogens with zero attached hydrogens (tertiary/aromatic N) is 2. The van der Waals surface area contributed by atoms with Crippen LogP contribution in [0.5, 0.6) is 0 Å². The molecule has 98 valence electrons. The summed E-state index contributed by atoms with van der Waals surface area (Å²) in [4.78, 5) is 6.53. The van der Waals surface area contributed by atoms with Gasteiger partial charge in [0.15, 0.2) is 5.96 Å². The molecule has 0 atom stereocenters. The highest BCUT2D eigenvalue weighted by Gasteiger charge is 2.11. The Morgan fingerprint density at radius 2 is 2.17 bits per heavy atom. The highest BCUT2D eigenvalue weighted by molar-refractivity contribution is 9.10. The van der Waals surface area contributed by atoms with Crippen LogP contribution < -0.4 is 5.73 Å². The fourth-order valence-electron chi connectivity index (χ4n) is 1.90. The molecule has 1 aliphatic heterocycles. The molecule has 5 heteroatoms. The Labute approximate surface area is 116 Å². The molecule has 18 heavy (non-hydrogen) atoms. The fourth-order valence-corrected chi connectivity index (χ4v) is 2.37. The lowest BCUT2D eigenvalue weighted by Gasteiger charge is -2.27. The van der Waals surface area contributed by atoms with Gasteiger partial charge in [0.2, 0.25) is 0 Å². The van der Waals surface area contributed by atoms with E-state index in [1.807, 2.05) is 6.07 Å². The molecule has 1 aliphatic rings. The quantitative estimate of drug-likeness (QED) is 0.670. The number of ether oxygens (including phenoxy) is 1. The molecular formula is C13H18BrN3O. The minimum atomic E-state index is 0.612. The number of benzene rings is 1. The van der Waals surface area contributed by atoms with Crippen LogP contribution in [0.25, 0.3) is 0 Å². The van der Waals surface area contributed by atoms with Gasteiger partial charge in [0, 0.05) is 17.6 Å². The molecule has 0 saturated carbocycles. The number of halogens is 1. The maximum Gasteiger partial charge on any atom is 0.191 e. The van der Waals surface area contributed by atoms with Gasteiger partial charge < -0.3 is 15.4 Å². The van der Waals surface area contributed by atoms with Crippen molar-refractivity contribution in [3.05, 3.63) is 33.8 Å². The van der Waals surface area contributed by atoms with Gasteiger partial charge in [-0.15, -0.1) is 0 Å². The average Bonchev–Trinajstić information content (AvgIpc) is 2.38. The first kappa shape index (κ1) is 13.4. The van der Waals surface area contributed by atoms with Crippen LogP contribution in [0, 0.1) is 6.92 Å². The molecule has 0 amide bonds. The van der Waals surface area contributed by atoms with E-state index in [1.165, 1.54) is 11.1 Å². The number of morpholine rings is 1. The zero-order chi connectivity index (χ0) is 13.0. The first-order valence-electron chi connectivity index (χ1n) is 6.04. The van der Waals surface area contributed by atoms with E-state index in [2.05, 4.69) is 44.9 Å². The van der Waals surface area contributed by atoms with Gasteiger partial charge in [-0.05, 0) is 30.2 Å². The number of hydrogen-bond acceptors (Lipinski definition) is 2. The summed E-state index contributed by atoms with van der Waals surface area (Å²) < 4.78 is 6.38. The summed E-state index contributed by atoms with van der Waals surface area (Å²) in [6.07, 6.45) is 0. The van der Waals surface area contributed by atoms with Crippen molar-refractivity contribution in [3.8, 4) is 0 Å². The zero-order valence-corrected chi connectivity index (χ0v) is 12.1. The molecule has 2 rings (SSSR count). The van der Waals surface area contributed by atoms with E-state index in [0.717, 1.165) is 30.8 Å². The second kappa shape index (κ2) is 6.20. The standard InChI is InChI=1S/C13H18BrN3O/c1-10-8-12(14)3-2-11(10)9-16-13(15)17-4-6-18-7-5-17/h2-3,8H,4-7,9H2,1H3,(H2,15,16). The Bertz CT molecular complexity index is 442. The van der Waals surface area contributed by atoms with Crippen LogP contribution in [0.1, 0.15) is 11.1 Å². The number of aliphatic imine (C=N–C) groups is 1. The Balaban J connectivity index is 2.00. The molecule has 1 saturated heterocycles. The largest absolute Gasteiger partial charge is 0.378 e. The summed E-state index contributed by atoms with van der Waals surface area (Å²) in [7, 11) is 0. The van der Waals surface area contributed by atoms with Gasteiger partial charge in [0.1, 0.15) is 0 Å². The average molecular weight is 312 g/mol. The maximum absolute atomic E-state index is 5.99. The number of aryl methyl sites for hydroxylation is 1. The molecule has 1 aromatic rings. The first-order chi connectivity index (χ1) is 8.66. The molecule has 0 unspecified atom stereocenters. The summed E-state index contributed by atoms with van der Waals surface area (Å²) in [5.41, 5.74) is 8.42. The normalized spacial score (nSPS) is 17.0. The lowest BCUT2D eigenvalue weighted by Crippen LogP contribution is -2.44. The molecule has 2 N–H and O–H groups in total. The predicted octanol–water partition coefficient (Wildman–Crippen LogP) is 1.90. The highest BCUT2D eigenvalue weighted by atomic mass is 79.9. The zero-order valence-electron chi connectivity index (χ0n) is 10.5. The lowest BCUT2D eigenvalue weighted by atomic mass is 10.1. The summed E-state index contributed by atoms with van der Waals surface area (Å²) >= 11 is 3.46. The topological polar surface area (TPSA) is 50.8 Å². The van der Waals surface area contributed by atoms with Crippen LogP contribution in [0.3, 0.4) is 0 Å². The smallest absolute Gasteiger partial charge is 0.191 e. The third-order valence-electron chi connectivity index (χ3n) is 3.05. The molecule has 4 nitrogen and oxygen atoms in total. The van der Waals surface area contributed by atoms with Crippen molar-refractivity contribution in [1.29, 1.82) is 0 Å². The van der Waals surface area contributed by atoms with Crippen LogP contribution in [0.2, 0.25) is 0 Å². The van der Waals surface area contributed by atoms with Crippen LogP contribution in [0.15, 0.2) is 27.7 Å². The van der Waals surface area contributed by atoms with Gasteiger partial charge in [-0.2, -0.15) is 0 Å². The number of hydrogen-bond donors (Lipinski definition) is 1. The van der Waals surface area contributed by atoms with E-state index in [1.54, 1.807) is 0 Å². The maximum atomic E-state index is 5.99. The van der Waals surface area contributed by atoms with E-state index >= 15 is 0 Å². The fraction of sp³-hybridized carbons (Fsp3) is 0.462. The van der Waals surface area contributed by atoms with Crippen molar-refractivity contribution < 1.29 is 4.74 Å². The van der Waals surface area contributed by atoms with Gasteiger partial charge in [0.05, 0.1) is 19.8 Å². The van der Waals surface area contributed by atoms with Crippen molar-refractivity contribution >= 4 is 21.9 Å². The first-order valence-corrected chi connectivity index (χ1v) is 6.84. The molecular weight excluding hydrogens is 294 g/mol. The Morgan fingerprint density at radius 3 is 2.83 bits per heavy atom. The Kier molecular flexibility index (Phi) is 4.60. The SMILES string of the molecule is Cc1cc(Br)ccc1CN=C(N)N1CCOCC1. The molecule has 0 aliphatic carbocycles. The van der Waals surface area contributed by atoms with Crippen molar-refractivity contribution in [3.63, 3.8) is 0 Å². The second-order valence-electron chi connectivity index (χ2n) is 4.34. The van der Waals surface area contributed by atoms with E-state index in [-0.39, 0.29) is 0 Å². The van der Waals surface area contributed by atoms with Gasteiger partial charge in [0.25, 0.3) is 0 Å². The van der Waals surface area contributed by atoms with E-state index in [4.69, 9.17) is 10.5 Å². The molecule has 0 radical (unpaired) electrons. The van der Waals surface area contributed by atoms with Gasteiger partial charge in [-0.25, -0.2) is 4.99 Å². The van der Waals surface area contributed by atoms with Crippen LogP contribution in [-0.2, 0) is 11.3 Å². The Hall–Kier alpha value is -1.07. The van der Waals surface area contributed by atoms with E-state index in [9.17, 15) is 0 Å². The minimum Gasteiger partial charge on any atom is -0.378 e. The third-order valence-corrected chi connectivity index (χ3v) is 3.54. The van der Waals surface area contributed by atoms with Gasteiger partial charge >= 0.3 is 0 Å². The van der Waals surface area contributed by atoms with Crippen LogP contribution in [0.4, 0.5) is 0 Å². The summed E-state index contributed by atoms with van der Waals surface area (Å²) in [6.45, 7) is 5.83. The predicted molar refractivity (Wildman–Crippen MR) is 76.6 cm³/mol. The van der Waals surface area contributed by atoms with Gasteiger partial charge in [-0.1, -0.05) is 22.0 Å². The van der Waals surface area contributed by atoms with E-state index < -0.39 is 0 Å². The molecule has 1 heterocycles. The highest BCUT2D eigenvalue weighted by Crippen LogP contribution is 2.16. The summed E-state index contributed by atoms with van der Waals surface area (Å²) in [6, 6.07) is 6.20. The van der Waals surface area contributed by atoms with Crippen LogP contribution >= 0.6 is 15.9 Å². The number of rotatable bonds is 2. The van der Waals surface area contributed by atoms with Crippen molar-refractivity contribution in [2.24, 2.45) is 10.7 Å². The second-order valence-corrected chi connectivity index (χ2v) is 5.26. The van der Waals surface area contributed by atoms with Crippen molar-refractivity contribution in [2.45, 2.75) is 13.5 Å². The van der Waals surface area contributed by atoms with E-state index in [0.29, 0.717) is 12.5 Å². The molecule has 0 spiro atoms. The van der Waals surface area contributed by atoms with Crippen molar-refractivity contribution in [1.82, 2.24) is 4.90 Å². The molecule has 0 bridgehead atoms. The Morgan fingerprint density at radius 1 is 1.44 bits per heavy atom. The third kappa shape index (κ3) is 3.46.